The van der Waals surface area contributed by atoms with Gasteiger partial charge in [0.05, 0.1) is 10.7 Å². The first-order chi connectivity index (χ1) is 15.6. The monoisotopic (exact) mass is 557 g/mol. The van der Waals surface area contributed by atoms with Crippen molar-refractivity contribution in [2.75, 3.05) is 7.11 Å². The molecule has 1 aromatic heterocycles. The summed E-state index contributed by atoms with van der Waals surface area (Å²) in [5.41, 5.74) is 3.67. The summed E-state index contributed by atoms with van der Waals surface area (Å²) < 4.78 is 18.5. The molecule has 0 fully saturated rings. The minimum atomic E-state index is 0.377. The quantitative estimate of drug-likeness (QED) is 0.215. The van der Waals surface area contributed by atoms with Crippen molar-refractivity contribution in [3.8, 4) is 28.6 Å². The topological polar surface area (TPSA) is 40.6 Å². The number of pyridine rings is 1. The van der Waals surface area contributed by atoms with Crippen LogP contribution in [0.1, 0.15) is 11.1 Å². The molecule has 0 atom stereocenters. The molecular weight excluding hydrogens is 537 g/mol. The molecule has 6 heteroatoms. The standard InChI is InChI=1S/C26H21ClINO3/c1-30-24-14-21(22(27)15-23(24)28)20-12-13-25(31-16-18-8-4-2-5-9-18)29-26(20)32-17-19-10-6-3-7-11-19/h2-15H,16-17H2,1H3. The van der Waals surface area contributed by atoms with Gasteiger partial charge >= 0.3 is 0 Å². The highest BCUT2D eigenvalue weighted by atomic mass is 127. The van der Waals surface area contributed by atoms with Crippen LogP contribution in [0, 0.1) is 3.57 Å². The molecule has 4 rings (SSSR count). The Morgan fingerprint density at radius 2 is 1.41 bits per heavy atom. The first-order valence-corrected chi connectivity index (χ1v) is 11.5. The van der Waals surface area contributed by atoms with Crippen LogP contribution in [0.3, 0.4) is 0 Å². The van der Waals surface area contributed by atoms with Crippen LogP contribution in [0.25, 0.3) is 11.1 Å². The molecule has 32 heavy (non-hydrogen) atoms. The fourth-order valence-corrected chi connectivity index (χ4v) is 4.31. The van der Waals surface area contributed by atoms with Crippen molar-refractivity contribution in [2.45, 2.75) is 13.2 Å². The summed E-state index contributed by atoms with van der Waals surface area (Å²) in [6, 6.07) is 27.4. The number of rotatable bonds is 8. The smallest absolute Gasteiger partial charge is 0.225 e. The number of benzene rings is 3. The average molecular weight is 558 g/mol. The molecule has 4 nitrogen and oxygen atoms in total. The van der Waals surface area contributed by atoms with Gasteiger partial charge in [0.1, 0.15) is 19.0 Å². The highest BCUT2D eigenvalue weighted by molar-refractivity contribution is 14.1. The lowest BCUT2D eigenvalue weighted by molar-refractivity contribution is 0.268. The molecule has 0 spiro atoms. The van der Waals surface area contributed by atoms with Crippen LogP contribution in [0.5, 0.6) is 17.5 Å². The first-order valence-electron chi connectivity index (χ1n) is 10.0. The van der Waals surface area contributed by atoms with E-state index in [2.05, 4.69) is 27.6 Å². The van der Waals surface area contributed by atoms with Crippen LogP contribution < -0.4 is 14.2 Å². The van der Waals surface area contributed by atoms with Gasteiger partial charge in [0.2, 0.25) is 11.8 Å². The maximum Gasteiger partial charge on any atom is 0.225 e. The maximum atomic E-state index is 6.59. The van der Waals surface area contributed by atoms with Gasteiger partial charge in [-0.2, -0.15) is 4.98 Å². The van der Waals surface area contributed by atoms with E-state index >= 15 is 0 Å². The van der Waals surface area contributed by atoms with Crippen molar-refractivity contribution in [3.05, 3.63) is 105 Å². The van der Waals surface area contributed by atoms with Gasteiger partial charge in [0.15, 0.2) is 0 Å². The Labute approximate surface area is 206 Å². The summed E-state index contributed by atoms with van der Waals surface area (Å²) in [5, 5.41) is 0.597. The fraction of sp³-hybridized carbons (Fsp3) is 0.115. The zero-order chi connectivity index (χ0) is 22.3. The number of hydrogen-bond acceptors (Lipinski definition) is 4. The summed E-state index contributed by atoms with van der Waals surface area (Å²) in [5.74, 6) is 1.67. The average Bonchev–Trinajstić information content (AvgIpc) is 2.83. The molecule has 0 unspecified atom stereocenters. The molecule has 0 aliphatic heterocycles. The molecule has 0 radical (unpaired) electrons. The van der Waals surface area contributed by atoms with Crippen LogP contribution in [-0.2, 0) is 13.2 Å². The van der Waals surface area contributed by atoms with Gasteiger partial charge in [0.25, 0.3) is 0 Å². The zero-order valence-corrected chi connectivity index (χ0v) is 20.3. The number of nitrogens with zero attached hydrogens (tertiary/aromatic N) is 1. The van der Waals surface area contributed by atoms with Crippen molar-refractivity contribution in [3.63, 3.8) is 0 Å². The normalized spacial score (nSPS) is 10.6. The fourth-order valence-electron chi connectivity index (χ4n) is 3.17. The Kier molecular flexibility index (Phi) is 7.50. The van der Waals surface area contributed by atoms with E-state index in [0.29, 0.717) is 30.0 Å². The first kappa shape index (κ1) is 22.4. The van der Waals surface area contributed by atoms with E-state index in [1.54, 1.807) is 7.11 Å². The van der Waals surface area contributed by atoms with Gasteiger partial charge in [-0.25, -0.2) is 0 Å². The van der Waals surface area contributed by atoms with Crippen LogP contribution in [0.15, 0.2) is 84.9 Å². The van der Waals surface area contributed by atoms with E-state index in [1.807, 2.05) is 84.9 Å². The van der Waals surface area contributed by atoms with E-state index in [4.69, 9.17) is 25.8 Å². The Balaban J connectivity index is 1.66. The molecular formula is C26H21ClINO3. The van der Waals surface area contributed by atoms with Gasteiger partial charge in [-0.05, 0) is 51.9 Å². The predicted molar refractivity (Wildman–Crippen MR) is 135 cm³/mol. The lowest BCUT2D eigenvalue weighted by Gasteiger charge is -2.15. The van der Waals surface area contributed by atoms with Crippen LogP contribution in [0.4, 0.5) is 0 Å². The minimum Gasteiger partial charge on any atom is -0.496 e. The second kappa shape index (κ2) is 10.7. The van der Waals surface area contributed by atoms with Crippen molar-refractivity contribution < 1.29 is 14.2 Å². The molecule has 1 heterocycles. The Morgan fingerprint density at radius 3 is 2.03 bits per heavy atom. The summed E-state index contributed by atoms with van der Waals surface area (Å²) in [6.45, 7) is 0.797. The van der Waals surface area contributed by atoms with E-state index in [9.17, 15) is 0 Å². The predicted octanol–water partition coefficient (Wildman–Crippen LogP) is 7.17. The lowest BCUT2D eigenvalue weighted by atomic mass is 10.1. The van der Waals surface area contributed by atoms with Crippen molar-refractivity contribution in [2.24, 2.45) is 0 Å². The SMILES string of the molecule is COc1cc(-c2ccc(OCc3ccccc3)nc2OCc2ccccc2)c(Cl)cc1I. The summed E-state index contributed by atoms with van der Waals surface area (Å²) in [6.07, 6.45) is 0. The molecule has 0 bridgehead atoms. The molecule has 0 aliphatic rings. The van der Waals surface area contributed by atoms with Crippen LogP contribution >= 0.6 is 34.2 Å². The van der Waals surface area contributed by atoms with Gasteiger partial charge in [-0.3, -0.25) is 0 Å². The van der Waals surface area contributed by atoms with E-state index < -0.39 is 0 Å². The third-order valence-electron chi connectivity index (χ3n) is 4.81. The number of halogens is 2. The molecule has 0 amide bonds. The number of methoxy groups -OCH3 is 1. The van der Waals surface area contributed by atoms with Crippen molar-refractivity contribution in [1.82, 2.24) is 4.98 Å². The number of hydrogen-bond donors (Lipinski definition) is 0. The van der Waals surface area contributed by atoms with Gasteiger partial charge in [-0.1, -0.05) is 72.3 Å². The van der Waals surface area contributed by atoms with Crippen molar-refractivity contribution in [1.29, 1.82) is 0 Å². The summed E-state index contributed by atoms with van der Waals surface area (Å²) in [7, 11) is 1.64. The Hall–Kier alpha value is -2.77. The minimum absolute atomic E-state index is 0.377. The molecule has 162 valence electrons. The lowest BCUT2D eigenvalue weighted by Crippen LogP contribution is -2.02. The molecule has 0 aliphatic carbocycles. The zero-order valence-electron chi connectivity index (χ0n) is 17.4. The van der Waals surface area contributed by atoms with E-state index in [0.717, 1.165) is 31.6 Å². The second-order valence-electron chi connectivity index (χ2n) is 7.02. The van der Waals surface area contributed by atoms with Crippen LogP contribution in [0.2, 0.25) is 5.02 Å². The largest absolute Gasteiger partial charge is 0.496 e. The molecule has 0 saturated carbocycles. The second-order valence-corrected chi connectivity index (χ2v) is 8.59. The number of aromatic nitrogens is 1. The Morgan fingerprint density at radius 1 is 0.781 bits per heavy atom. The van der Waals surface area contributed by atoms with E-state index in [-0.39, 0.29) is 0 Å². The maximum absolute atomic E-state index is 6.59. The summed E-state index contributed by atoms with van der Waals surface area (Å²) >= 11 is 8.79. The molecule has 0 saturated heterocycles. The Bertz CT molecular complexity index is 1190. The molecule has 3 aromatic carbocycles. The summed E-state index contributed by atoms with van der Waals surface area (Å²) in [4.78, 5) is 4.65. The third kappa shape index (κ3) is 5.53. The molecule has 0 N–H and O–H groups in total. The van der Waals surface area contributed by atoms with Gasteiger partial charge in [0, 0.05) is 22.2 Å². The highest BCUT2D eigenvalue weighted by Gasteiger charge is 2.16. The van der Waals surface area contributed by atoms with Crippen molar-refractivity contribution >= 4 is 34.2 Å². The third-order valence-corrected chi connectivity index (χ3v) is 5.97. The highest BCUT2D eigenvalue weighted by Crippen LogP contribution is 2.39. The van der Waals surface area contributed by atoms with Crippen LogP contribution in [-0.4, -0.2) is 12.1 Å². The van der Waals surface area contributed by atoms with Gasteiger partial charge in [-0.15, -0.1) is 0 Å². The van der Waals surface area contributed by atoms with Gasteiger partial charge < -0.3 is 14.2 Å². The molecule has 4 aromatic rings. The van der Waals surface area contributed by atoms with E-state index in [1.165, 1.54) is 0 Å². The number of ether oxygens (including phenoxy) is 3.